The van der Waals surface area contributed by atoms with Gasteiger partial charge in [0.2, 0.25) is 0 Å². The second-order valence-corrected chi connectivity index (χ2v) is 1.42. The van der Waals surface area contributed by atoms with Gasteiger partial charge < -0.3 is 10.4 Å². The van der Waals surface area contributed by atoms with Gasteiger partial charge in [0.25, 0.3) is 0 Å². The maximum absolute atomic E-state index is 8.30. The largest absolute Gasteiger partial charge is 0.396 e. The molecule has 0 aromatic heterocycles. The summed E-state index contributed by atoms with van der Waals surface area (Å²) in [5.74, 6) is 0. The van der Waals surface area contributed by atoms with E-state index in [1.165, 1.54) is 6.34 Å². The normalized spacial score (nSPS) is 9.89. The van der Waals surface area contributed by atoms with Crippen molar-refractivity contribution in [1.29, 1.82) is 0 Å². The number of aliphatic hydroxyl groups is 1. The Hall–Kier alpha value is -0.900. The van der Waals surface area contributed by atoms with Gasteiger partial charge >= 0.3 is 0 Å². The summed E-state index contributed by atoms with van der Waals surface area (Å²) in [4.78, 5) is 0. The van der Waals surface area contributed by atoms with E-state index in [9.17, 15) is 0 Å². The Bertz CT molecular complexity index is 92.2. The molecule has 0 atom stereocenters. The molecular weight excluding hydrogens is 118 g/mol. The number of nitrogens with one attached hydrogen (secondary N) is 1. The molecule has 0 aromatic carbocycles. The quantitative estimate of drug-likeness (QED) is 0.230. The van der Waals surface area contributed by atoms with E-state index in [0.29, 0.717) is 0 Å². The van der Waals surface area contributed by atoms with E-state index in [1.807, 2.05) is 0 Å². The molecule has 0 aromatic rings. The Morgan fingerprint density at radius 3 is 3.00 bits per heavy atom. The van der Waals surface area contributed by atoms with Gasteiger partial charge in [-0.1, -0.05) is 0 Å². The molecule has 0 rings (SSSR count). The first kappa shape index (κ1) is 8.10. The summed E-state index contributed by atoms with van der Waals surface area (Å²) >= 11 is 0. The van der Waals surface area contributed by atoms with Crippen molar-refractivity contribution in [1.82, 2.24) is 5.32 Å². The van der Waals surface area contributed by atoms with E-state index in [-0.39, 0.29) is 6.61 Å². The van der Waals surface area contributed by atoms with Crippen LogP contribution in [-0.4, -0.2) is 31.3 Å². The van der Waals surface area contributed by atoms with Crippen molar-refractivity contribution < 1.29 is 5.11 Å². The average Bonchev–Trinajstić information content (AvgIpc) is 1.89. The fourth-order valence-electron chi connectivity index (χ4n) is 0.327. The highest BCUT2D eigenvalue weighted by atomic mass is 16.3. The molecule has 0 amide bonds. The van der Waals surface area contributed by atoms with Gasteiger partial charge in [0.1, 0.15) is 6.34 Å². The van der Waals surface area contributed by atoms with Gasteiger partial charge in [0.05, 0.1) is 0 Å². The molecule has 0 radical (unpaired) electrons. The molecule has 0 fully saturated rings. The zero-order valence-corrected chi connectivity index (χ0v) is 5.25. The van der Waals surface area contributed by atoms with Gasteiger partial charge in [-0.05, 0) is 6.42 Å². The molecule has 4 nitrogen and oxygen atoms in total. The molecule has 0 aliphatic rings. The van der Waals surface area contributed by atoms with Crippen molar-refractivity contribution in [2.75, 3.05) is 13.2 Å². The minimum atomic E-state index is 0.197. The van der Waals surface area contributed by atoms with Crippen molar-refractivity contribution in [2.45, 2.75) is 6.42 Å². The predicted octanol–water partition coefficient (Wildman–Crippen LogP) is -0.398. The average molecular weight is 129 g/mol. The van der Waals surface area contributed by atoms with Crippen LogP contribution in [0.25, 0.3) is 0 Å². The number of nitrogens with zero attached hydrogens (tertiary/aromatic N) is 2. The molecule has 52 valence electrons. The molecule has 0 saturated carbocycles. The van der Waals surface area contributed by atoms with Crippen LogP contribution >= 0.6 is 0 Å². The lowest BCUT2D eigenvalue weighted by Crippen LogP contribution is -2.13. The topological polar surface area (TPSA) is 57.0 Å². The zero-order chi connectivity index (χ0) is 6.95. The third kappa shape index (κ3) is 7.10. The number of rotatable bonds is 5. The van der Waals surface area contributed by atoms with Gasteiger partial charge in [-0.25, -0.2) is 0 Å². The second kappa shape index (κ2) is 7.10. The van der Waals surface area contributed by atoms with Crippen LogP contribution in [0, 0.1) is 0 Å². The fraction of sp³-hybridized carbons (Fsp3) is 0.600. The Kier molecular flexibility index (Phi) is 6.39. The van der Waals surface area contributed by atoms with Crippen LogP contribution in [0.1, 0.15) is 6.42 Å². The molecule has 0 bridgehead atoms. The smallest absolute Gasteiger partial charge is 0.111 e. The van der Waals surface area contributed by atoms with Gasteiger partial charge in [-0.15, -0.1) is 5.10 Å². The van der Waals surface area contributed by atoms with Crippen molar-refractivity contribution in [3.05, 3.63) is 0 Å². The molecule has 0 spiro atoms. The highest BCUT2D eigenvalue weighted by Crippen LogP contribution is 1.68. The summed E-state index contributed by atoms with van der Waals surface area (Å²) in [6.45, 7) is 4.06. The van der Waals surface area contributed by atoms with Crippen molar-refractivity contribution in [2.24, 2.45) is 10.2 Å². The van der Waals surface area contributed by atoms with Crippen LogP contribution in [0.4, 0.5) is 0 Å². The van der Waals surface area contributed by atoms with Crippen molar-refractivity contribution >= 4 is 13.1 Å². The van der Waals surface area contributed by atoms with Gasteiger partial charge in [-0.2, -0.15) is 5.10 Å². The Balaban J connectivity index is 2.90. The Morgan fingerprint density at radius 1 is 1.67 bits per heavy atom. The van der Waals surface area contributed by atoms with Gasteiger partial charge in [0.15, 0.2) is 0 Å². The molecule has 0 aliphatic heterocycles. The minimum Gasteiger partial charge on any atom is -0.396 e. The van der Waals surface area contributed by atoms with Crippen LogP contribution in [0.2, 0.25) is 0 Å². The van der Waals surface area contributed by atoms with Crippen LogP contribution in [0.15, 0.2) is 10.2 Å². The predicted molar refractivity (Wildman–Crippen MR) is 37.7 cm³/mol. The lowest BCUT2D eigenvalue weighted by molar-refractivity contribution is 0.289. The first-order chi connectivity index (χ1) is 4.41. The van der Waals surface area contributed by atoms with E-state index in [2.05, 4.69) is 22.2 Å². The van der Waals surface area contributed by atoms with Crippen LogP contribution < -0.4 is 5.32 Å². The summed E-state index contributed by atoms with van der Waals surface area (Å²) in [5.41, 5.74) is 0. The first-order valence-corrected chi connectivity index (χ1v) is 2.73. The maximum atomic E-state index is 8.30. The van der Waals surface area contributed by atoms with E-state index in [1.54, 1.807) is 0 Å². The van der Waals surface area contributed by atoms with Gasteiger partial charge in [0, 0.05) is 19.9 Å². The summed E-state index contributed by atoms with van der Waals surface area (Å²) in [6.07, 6.45) is 2.17. The van der Waals surface area contributed by atoms with E-state index < -0.39 is 0 Å². The molecule has 4 heteroatoms. The zero-order valence-electron chi connectivity index (χ0n) is 5.25. The summed E-state index contributed by atoms with van der Waals surface area (Å²) < 4.78 is 0. The number of hydrogen-bond acceptors (Lipinski definition) is 3. The van der Waals surface area contributed by atoms with E-state index in [0.717, 1.165) is 13.0 Å². The van der Waals surface area contributed by atoms with E-state index >= 15 is 0 Å². The maximum Gasteiger partial charge on any atom is 0.111 e. The van der Waals surface area contributed by atoms with Crippen LogP contribution in [-0.2, 0) is 0 Å². The van der Waals surface area contributed by atoms with Crippen molar-refractivity contribution in [3.63, 3.8) is 0 Å². The SMILES string of the molecule is C=N/N=C/NCCCO. The lowest BCUT2D eigenvalue weighted by Gasteiger charge is -1.93. The molecule has 2 N–H and O–H groups in total. The van der Waals surface area contributed by atoms with Gasteiger partial charge in [-0.3, -0.25) is 0 Å². The highest BCUT2D eigenvalue weighted by Gasteiger charge is 1.77. The highest BCUT2D eigenvalue weighted by molar-refractivity contribution is 5.54. The number of hydrogen-bond donors (Lipinski definition) is 2. The Labute approximate surface area is 54.3 Å². The lowest BCUT2D eigenvalue weighted by atomic mass is 10.5. The second-order valence-electron chi connectivity index (χ2n) is 1.42. The molecule has 0 unspecified atom stereocenters. The molecule has 9 heavy (non-hydrogen) atoms. The third-order valence-corrected chi connectivity index (χ3v) is 0.710. The van der Waals surface area contributed by atoms with E-state index in [4.69, 9.17) is 5.11 Å². The van der Waals surface area contributed by atoms with Crippen LogP contribution in [0.3, 0.4) is 0 Å². The summed E-state index contributed by atoms with van der Waals surface area (Å²) in [6, 6.07) is 0. The minimum absolute atomic E-state index is 0.197. The Morgan fingerprint density at radius 2 is 2.44 bits per heavy atom. The summed E-state index contributed by atoms with van der Waals surface area (Å²) in [5, 5.41) is 17.8. The standard InChI is InChI=1S/C5H11N3O/c1-6-8-5-7-3-2-4-9/h5,9H,1-4H2,(H,7,8). The third-order valence-electron chi connectivity index (χ3n) is 0.710. The molecule has 0 aliphatic carbocycles. The summed E-state index contributed by atoms with van der Waals surface area (Å²) in [7, 11) is 0. The van der Waals surface area contributed by atoms with Crippen LogP contribution in [0.5, 0.6) is 0 Å². The first-order valence-electron chi connectivity index (χ1n) is 2.73. The molecular formula is C5H11N3O. The van der Waals surface area contributed by atoms with Crippen molar-refractivity contribution in [3.8, 4) is 0 Å². The molecule has 0 heterocycles. The fourth-order valence-corrected chi connectivity index (χ4v) is 0.327. The molecule has 0 saturated heterocycles. The monoisotopic (exact) mass is 129 g/mol. The number of aliphatic hydroxyl groups excluding tert-OH is 1.